The van der Waals surface area contributed by atoms with Crippen molar-refractivity contribution < 1.29 is 28.7 Å². The van der Waals surface area contributed by atoms with Crippen molar-refractivity contribution in [3.63, 3.8) is 0 Å². The van der Waals surface area contributed by atoms with E-state index in [9.17, 15) is 19.2 Å². The second-order valence-corrected chi connectivity index (χ2v) is 6.58. The SMILES string of the molecule is COc1cc(-c2ccc(C3=CC(=O)NC3=O)c(OC)c2)ccc1C1=CC(=O)NC1=O. The van der Waals surface area contributed by atoms with Crippen molar-refractivity contribution in [3.8, 4) is 22.6 Å². The number of benzene rings is 2. The van der Waals surface area contributed by atoms with Gasteiger partial charge in [0, 0.05) is 23.3 Å². The van der Waals surface area contributed by atoms with Crippen LogP contribution in [-0.2, 0) is 19.2 Å². The van der Waals surface area contributed by atoms with Gasteiger partial charge in [0.05, 0.1) is 25.4 Å². The molecule has 2 N–H and O–H groups in total. The Hall–Kier alpha value is -4.20. The molecule has 0 saturated carbocycles. The van der Waals surface area contributed by atoms with Crippen molar-refractivity contribution in [2.75, 3.05) is 14.2 Å². The van der Waals surface area contributed by atoms with Gasteiger partial charge in [-0.25, -0.2) is 0 Å². The predicted octanol–water partition coefficient (Wildman–Crippen LogP) is 1.45. The van der Waals surface area contributed by atoms with Gasteiger partial charge in [0.15, 0.2) is 0 Å². The third-order valence-corrected chi connectivity index (χ3v) is 4.83. The Labute approximate surface area is 171 Å². The molecule has 0 spiro atoms. The van der Waals surface area contributed by atoms with Crippen molar-refractivity contribution in [3.05, 3.63) is 59.7 Å². The molecule has 2 aromatic carbocycles. The zero-order valence-corrected chi connectivity index (χ0v) is 16.1. The van der Waals surface area contributed by atoms with Gasteiger partial charge in [0.2, 0.25) is 0 Å². The van der Waals surface area contributed by atoms with Crippen molar-refractivity contribution in [1.82, 2.24) is 10.6 Å². The molecule has 2 heterocycles. The number of carbonyl (C=O) groups excluding carboxylic acids is 4. The maximum Gasteiger partial charge on any atom is 0.259 e. The predicted molar refractivity (Wildman–Crippen MR) is 107 cm³/mol. The second-order valence-electron chi connectivity index (χ2n) is 6.58. The van der Waals surface area contributed by atoms with Crippen LogP contribution in [0, 0.1) is 0 Å². The number of imide groups is 2. The molecule has 4 amide bonds. The smallest absolute Gasteiger partial charge is 0.259 e. The third kappa shape index (κ3) is 3.24. The molecule has 0 aliphatic carbocycles. The Bertz CT molecular complexity index is 1100. The number of hydrogen-bond donors (Lipinski definition) is 2. The Kier molecular flexibility index (Phi) is 4.67. The second kappa shape index (κ2) is 7.32. The van der Waals surface area contributed by atoms with E-state index in [1.807, 2.05) is 0 Å². The fourth-order valence-electron chi connectivity index (χ4n) is 3.41. The Morgan fingerprint density at radius 1 is 0.633 bits per heavy atom. The Morgan fingerprint density at radius 3 is 1.33 bits per heavy atom. The average Bonchev–Trinajstić information content (AvgIpc) is 3.26. The first-order valence-corrected chi connectivity index (χ1v) is 8.92. The third-order valence-electron chi connectivity index (χ3n) is 4.83. The summed E-state index contributed by atoms with van der Waals surface area (Å²) in [6.45, 7) is 0. The van der Waals surface area contributed by atoms with Crippen LogP contribution < -0.4 is 20.1 Å². The van der Waals surface area contributed by atoms with Crippen molar-refractivity contribution >= 4 is 34.8 Å². The van der Waals surface area contributed by atoms with Crippen LogP contribution >= 0.6 is 0 Å². The van der Waals surface area contributed by atoms with E-state index in [2.05, 4.69) is 10.6 Å². The summed E-state index contributed by atoms with van der Waals surface area (Å²) in [5.41, 5.74) is 3.01. The molecule has 0 aromatic heterocycles. The number of methoxy groups -OCH3 is 2. The zero-order valence-electron chi connectivity index (χ0n) is 16.1. The van der Waals surface area contributed by atoms with Gasteiger partial charge in [-0.1, -0.05) is 12.1 Å². The van der Waals surface area contributed by atoms with Gasteiger partial charge in [0.1, 0.15) is 11.5 Å². The molecule has 150 valence electrons. The van der Waals surface area contributed by atoms with Crippen LogP contribution in [0.2, 0.25) is 0 Å². The summed E-state index contributed by atoms with van der Waals surface area (Å²) in [4.78, 5) is 46.9. The summed E-state index contributed by atoms with van der Waals surface area (Å²) in [6.07, 6.45) is 2.47. The summed E-state index contributed by atoms with van der Waals surface area (Å²) < 4.78 is 10.9. The topological polar surface area (TPSA) is 111 Å². The Morgan fingerprint density at radius 2 is 1.03 bits per heavy atom. The van der Waals surface area contributed by atoms with E-state index < -0.39 is 23.6 Å². The summed E-state index contributed by atoms with van der Waals surface area (Å²) in [5.74, 6) is -1.04. The normalized spacial score (nSPS) is 15.5. The molecule has 0 radical (unpaired) electrons. The molecule has 2 aliphatic rings. The van der Waals surface area contributed by atoms with Gasteiger partial charge >= 0.3 is 0 Å². The molecule has 0 saturated heterocycles. The lowest BCUT2D eigenvalue weighted by atomic mass is 9.96. The highest BCUT2D eigenvalue weighted by Crippen LogP contribution is 2.36. The van der Waals surface area contributed by atoms with E-state index in [0.717, 1.165) is 11.1 Å². The number of carbonyl (C=O) groups is 4. The number of nitrogens with one attached hydrogen (secondary N) is 2. The molecule has 0 atom stereocenters. The van der Waals surface area contributed by atoms with Gasteiger partial charge in [-0.05, 0) is 35.4 Å². The highest BCUT2D eigenvalue weighted by molar-refractivity contribution is 6.34. The van der Waals surface area contributed by atoms with Crippen LogP contribution in [0.15, 0.2) is 48.6 Å². The molecule has 8 nitrogen and oxygen atoms in total. The summed E-state index contributed by atoms with van der Waals surface area (Å²) in [7, 11) is 2.95. The minimum Gasteiger partial charge on any atom is -0.496 e. The first-order valence-electron chi connectivity index (χ1n) is 8.92. The molecule has 8 heteroatoms. The van der Waals surface area contributed by atoms with E-state index in [1.54, 1.807) is 36.4 Å². The van der Waals surface area contributed by atoms with E-state index >= 15 is 0 Å². The Balaban J connectivity index is 1.74. The fraction of sp³-hybridized carbons (Fsp3) is 0.0909. The van der Waals surface area contributed by atoms with Crippen LogP contribution in [0.3, 0.4) is 0 Å². The summed E-state index contributed by atoms with van der Waals surface area (Å²) in [5, 5.41) is 4.43. The van der Waals surface area contributed by atoms with Crippen molar-refractivity contribution in [2.45, 2.75) is 0 Å². The average molecular weight is 404 g/mol. The standard InChI is InChI=1S/C22H16N2O6/c1-29-17-7-11(3-5-13(17)15-9-19(25)23-21(15)27)12-4-6-14(18(8-12)30-2)16-10-20(26)24-22(16)28/h3-10H,1-2H3,(H,23,25,27)(H,24,26,28). The van der Waals surface area contributed by atoms with E-state index in [4.69, 9.17) is 9.47 Å². The zero-order chi connectivity index (χ0) is 21.4. The fourth-order valence-corrected chi connectivity index (χ4v) is 3.41. The number of rotatable bonds is 5. The highest BCUT2D eigenvalue weighted by Gasteiger charge is 2.26. The monoisotopic (exact) mass is 404 g/mol. The van der Waals surface area contributed by atoms with Crippen LogP contribution in [-0.4, -0.2) is 37.8 Å². The molecule has 0 fully saturated rings. The van der Waals surface area contributed by atoms with Gasteiger partial charge < -0.3 is 9.47 Å². The summed E-state index contributed by atoms with van der Waals surface area (Å²) in [6, 6.07) is 10.5. The number of ether oxygens (including phenoxy) is 2. The molecule has 0 bridgehead atoms. The first kappa shape index (κ1) is 19.1. The lowest BCUT2D eigenvalue weighted by molar-refractivity contribution is -0.124. The van der Waals surface area contributed by atoms with Crippen molar-refractivity contribution in [1.29, 1.82) is 0 Å². The quantitative estimate of drug-likeness (QED) is 0.730. The van der Waals surface area contributed by atoms with Crippen LogP contribution in [0.1, 0.15) is 11.1 Å². The van der Waals surface area contributed by atoms with Crippen LogP contribution in [0.4, 0.5) is 0 Å². The first-order chi connectivity index (χ1) is 14.4. The van der Waals surface area contributed by atoms with E-state index in [1.165, 1.54) is 26.4 Å². The lowest BCUT2D eigenvalue weighted by Gasteiger charge is -2.13. The molecular weight excluding hydrogens is 388 g/mol. The van der Waals surface area contributed by atoms with Gasteiger partial charge in [-0.3, -0.25) is 29.8 Å². The molecule has 30 heavy (non-hydrogen) atoms. The maximum atomic E-state index is 12.0. The largest absolute Gasteiger partial charge is 0.496 e. The molecule has 0 unspecified atom stereocenters. The molecule has 2 aromatic rings. The van der Waals surface area contributed by atoms with E-state index in [0.29, 0.717) is 22.6 Å². The number of hydrogen-bond acceptors (Lipinski definition) is 6. The van der Waals surface area contributed by atoms with Crippen LogP contribution in [0.25, 0.3) is 22.3 Å². The van der Waals surface area contributed by atoms with Gasteiger partial charge in [-0.2, -0.15) is 0 Å². The van der Waals surface area contributed by atoms with Gasteiger partial charge in [-0.15, -0.1) is 0 Å². The van der Waals surface area contributed by atoms with Crippen molar-refractivity contribution in [2.24, 2.45) is 0 Å². The minimum atomic E-state index is -0.477. The highest BCUT2D eigenvalue weighted by atomic mass is 16.5. The lowest BCUT2D eigenvalue weighted by Crippen LogP contribution is -2.21. The van der Waals surface area contributed by atoms with Crippen LogP contribution in [0.5, 0.6) is 11.5 Å². The summed E-state index contributed by atoms with van der Waals surface area (Å²) >= 11 is 0. The molecule has 2 aliphatic heterocycles. The maximum absolute atomic E-state index is 12.0. The molecule has 4 rings (SSSR count). The van der Waals surface area contributed by atoms with Gasteiger partial charge in [0.25, 0.3) is 23.6 Å². The minimum absolute atomic E-state index is 0.236. The number of amides is 4. The molecular formula is C22H16N2O6. The van der Waals surface area contributed by atoms with E-state index in [-0.39, 0.29) is 11.1 Å².